The molecule has 2 N–H and O–H groups in total. The maximum atomic E-state index is 5.59. The highest BCUT2D eigenvalue weighted by Gasteiger charge is 1.94. The molecule has 0 heterocycles. The molecule has 0 aromatic carbocycles. The van der Waals surface area contributed by atoms with Gasteiger partial charge >= 0.3 is 0 Å². The maximum Gasteiger partial charge on any atom is 0.0484 e. The van der Waals surface area contributed by atoms with Gasteiger partial charge in [-0.15, -0.1) is 0 Å². The molecule has 13 heavy (non-hydrogen) atoms. The van der Waals surface area contributed by atoms with Crippen molar-refractivity contribution in [3.8, 4) is 0 Å². The molecule has 0 radical (unpaired) electrons. The summed E-state index contributed by atoms with van der Waals surface area (Å²) in [5, 5.41) is 0.497. The van der Waals surface area contributed by atoms with Gasteiger partial charge in [0.15, 0.2) is 0 Å². The fraction of sp³-hybridized carbons (Fsp3) is 0.200. The van der Waals surface area contributed by atoms with Crippen LogP contribution in [0.1, 0.15) is 6.92 Å². The third-order valence-corrected chi connectivity index (χ3v) is 1.51. The molecule has 0 unspecified atom stereocenters. The van der Waals surface area contributed by atoms with Crippen molar-refractivity contribution in [1.82, 2.24) is 10.9 Å². The van der Waals surface area contributed by atoms with Gasteiger partial charge in [-0.2, -0.15) is 0 Å². The predicted octanol–water partition coefficient (Wildman–Crippen LogP) is 2.48. The normalized spacial score (nSPS) is 11.8. The van der Waals surface area contributed by atoms with Crippen molar-refractivity contribution in [2.24, 2.45) is 0 Å². The van der Waals surface area contributed by atoms with Gasteiger partial charge in [0.05, 0.1) is 0 Å². The monoisotopic (exact) mass is 198 g/mol. The van der Waals surface area contributed by atoms with E-state index in [-0.39, 0.29) is 0 Å². The molecule has 0 aromatic heterocycles. The molecule has 0 rings (SSSR count). The summed E-state index contributed by atoms with van der Waals surface area (Å²) in [6.45, 7) is 9.31. The Hall–Kier alpha value is -0.990. The van der Waals surface area contributed by atoms with E-state index in [0.29, 0.717) is 5.03 Å². The van der Waals surface area contributed by atoms with Crippen LogP contribution in [0.25, 0.3) is 0 Å². The largest absolute Gasteiger partial charge is 0.322 e. The average Bonchev–Trinajstić information content (AvgIpc) is 2.05. The Morgan fingerprint density at radius 3 is 2.31 bits per heavy atom. The molecule has 0 aliphatic rings. The first-order valence-electron chi connectivity index (χ1n) is 3.92. The van der Waals surface area contributed by atoms with Crippen LogP contribution in [0.3, 0.4) is 0 Å². The zero-order valence-corrected chi connectivity index (χ0v) is 8.78. The lowest BCUT2D eigenvalue weighted by Crippen LogP contribution is -2.26. The lowest BCUT2D eigenvalue weighted by atomic mass is 10.2. The molecule has 0 aliphatic heterocycles. The average molecular weight is 199 g/mol. The molecule has 0 aromatic rings. The minimum Gasteiger partial charge on any atom is -0.322 e. The molecular weight excluding hydrogens is 184 g/mol. The molecular formula is C10H15ClN2. The van der Waals surface area contributed by atoms with Crippen LogP contribution >= 0.6 is 11.6 Å². The number of nitrogens with one attached hydrogen (secondary N) is 2. The summed E-state index contributed by atoms with van der Waals surface area (Å²) < 4.78 is 0. The fourth-order valence-corrected chi connectivity index (χ4v) is 0.837. The van der Waals surface area contributed by atoms with E-state index in [2.05, 4.69) is 24.0 Å². The smallest absolute Gasteiger partial charge is 0.0484 e. The van der Waals surface area contributed by atoms with E-state index < -0.39 is 0 Å². The van der Waals surface area contributed by atoms with Gasteiger partial charge in [0, 0.05) is 17.8 Å². The SMILES string of the molecule is C=C(Cl)/C=C\C(=C/C)C(=C)NNC. The molecule has 0 saturated carbocycles. The zero-order valence-electron chi connectivity index (χ0n) is 8.02. The second kappa shape index (κ2) is 6.52. The number of halogens is 1. The van der Waals surface area contributed by atoms with Crippen LogP contribution in [0.15, 0.2) is 47.7 Å². The number of hydrazine groups is 1. The Bertz CT molecular complexity index is 252. The highest BCUT2D eigenvalue weighted by atomic mass is 35.5. The molecule has 3 heteroatoms. The summed E-state index contributed by atoms with van der Waals surface area (Å²) in [7, 11) is 1.78. The van der Waals surface area contributed by atoms with Crippen LogP contribution in [-0.2, 0) is 0 Å². The summed E-state index contributed by atoms with van der Waals surface area (Å²) in [5.74, 6) is 0. The van der Waals surface area contributed by atoms with Gasteiger partial charge in [-0.05, 0) is 18.6 Å². The zero-order chi connectivity index (χ0) is 10.3. The molecule has 0 amide bonds. The van der Waals surface area contributed by atoms with Crippen LogP contribution in [0.4, 0.5) is 0 Å². The number of hydrogen-bond acceptors (Lipinski definition) is 2. The first-order chi connectivity index (χ1) is 6.11. The van der Waals surface area contributed by atoms with Crippen LogP contribution in [-0.4, -0.2) is 7.05 Å². The van der Waals surface area contributed by atoms with Crippen LogP contribution < -0.4 is 10.9 Å². The van der Waals surface area contributed by atoms with Crippen molar-refractivity contribution in [2.75, 3.05) is 7.05 Å². The first-order valence-corrected chi connectivity index (χ1v) is 4.30. The van der Waals surface area contributed by atoms with E-state index in [4.69, 9.17) is 11.6 Å². The van der Waals surface area contributed by atoms with Crippen molar-refractivity contribution < 1.29 is 0 Å². The van der Waals surface area contributed by atoms with Crippen molar-refractivity contribution in [3.05, 3.63) is 47.7 Å². The van der Waals surface area contributed by atoms with Crippen molar-refractivity contribution >= 4 is 11.6 Å². The molecule has 0 atom stereocenters. The van der Waals surface area contributed by atoms with Crippen molar-refractivity contribution in [2.45, 2.75) is 6.92 Å². The van der Waals surface area contributed by atoms with Gasteiger partial charge in [0.25, 0.3) is 0 Å². The Kier molecular flexibility index (Phi) is 6.02. The molecule has 0 fully saturated rings. The minimum atomic E-state index is 0.497. The Morgan fingerprint density at radius 2 is 1.92 bits per heavy atom. The quantitative estimate of drug-likeness (QED) is 0.524. The number of allylic oxidation sites excluding steroid dienone is 4. The molecule has 0 bridgehead atoms. The number of rotatable bonds is 5. The van der Waals surface area contributed by atoms with E-state index in [9.17, 15) is 0 Å². The summed E-state index contributed by atoms with van der Waals surface area (Å²) in [4.78, 5) is 0. The van der Waals surface area contributed by atoms with Crippen LogP contribution in [0.2, 0.25) is 0 Å². The lowest BCUT2D eigenvalue weighted by molar-refractivity contribution is 0.701. The Balaban J connectivity index is 4.37. The fourth-order valence-electron chi connectivity index (χ4n) is 0.774. The highest BCUT2D eigenvalue weighted by Crippen LogP contribution is 2.08. The van der Waals surface area contributed by atoms with Crippen molar-refractivity contribution in [3.63, 3.8) is 0 Å². The first kappa shape index (κ1) is 12.0. The van der Waals surface area contributed by atoms with Gasteiger partial charge in [0.1, 0.15) is 0 Å². The predicted molar refractivity (Wildman–Crippen MR) is 59.2 cm³/mol. The Morgan fingerprint density at radius 1 is 1.31 bits per heavy atom. The molecule has 72 valence electrons. The van der Waals surface area contributed by atoms with Gasteiger partial charge in [0.2, 0.25) is 0 Å². The topological polar surface area (TPSA) is 24.1 Å². The minimum absolute atomic E-state index is 0.497. The third kappa shape index (κ3) is 5.28. The molecule has 0 saturated heterocycles. The molecule has 0 spiro atoms. The van der Waals surface area contributed by atoms with Crippen LogP contribution in [0.5, 0.6) is 0 Å². The molecule has 2 nitrogen and oxygen atoms in total. The summed E-state index contributed by atoms with van der Waals surface area (Å²) >= 11 is 5.59. The van der Waals surface area contributed by atoms with E-state index in [0.717, 1.165) is 11.3 Å². The second-order valence-electron chi connectivity index (χ2n) is 2.38. The molecule has 0 aliphatic carbocycles. The highest BCUT2D eigenvalue weighted by molar-refractivity contribution is 6.30. The maximum absolute atomic E-state index is 5.59. The number of hydrogen-bond donors (Lipinski definition) is 2. The standard InChI is InChI=1S/C10H15ClN2/c1-5-10(7-6-8(2)11)9(3)13-12-4/h5-7,12-13H,2-3H2,1,4H3/b7-6-,10-5+. The lowest BCUT2D eigenvalue weighted by Gasteiger charge is -2.07. The summed E-state index contributed by atoms with van der Waals surface area (Å²) in [6, 6.07) is 0. The Labute approximate surface area is 84.6 Å². The van der Waals surface area contributed by atoms with Crippen molar-refractivity contribution in [1.29, 1.82) is 0 Å². The van der Waals surface area contributed by atoms with E-state index in [1.807, 2.05) is 19.1 Å². The van der Waals surface area contributed by atoms with E-state index in [1.54, 1.807) is 13.1 Å². The van der Waals surface area contributed by atoms with Crippen LogP contribution in [0, 0.1) is 0 Å². The van der Waals surface area contributed by atoms with Gasteiger partial charge in [-0.3, -0.25) is 0 Å². The van der Waals surface area contributed by atoms with Gasteiger partial charge in [-0.25, -0.2) is 5.43 Å². The summed E-state index contributed by atoms with van der Waals surface area (Å²) in [6.07, 6.45) is 5.50. The van der Waals surface area contributed by atoms with Gasteiger partial charge < -0.3 is 5.43 Å². The van der Waals surface area contributed by atoms with E-state index in [1.165, 1.54) is 0 Å². The second-order valence-corrected chi connectivity index (χ2v) is 2.86. The van der Waals surface area contributed by atoms with E-state index >= 15 is 0 Å². The third-order valence-electron chi connectivity index (χ3n) is 1.38. The summed E-state index contributed by atoms with van der Waals surface area (Å²) in [5.41, 5.74) is 7.43. The van der Waals surface area contributed by atoms with Gasteiger partial charge in [-0.1, -0.05) is 36.9 Å².